The van der Waals surface area contributed by atoms with Crippen LogP contribution in [0.15, 0.2) is 27.9 Å². The van der Waals surface area contributed by atoms with Gasteiger partial charge in [-0.1, -0.05) is 43.4 Å². The molecule has 39 heavy (non-hydrogen) atoms. The number of thioether (sulfide) groups is 1. The van der Waals surface area contributed by atoms with Crippen LogP contribution in [0.4, 0.5) is 5.82 Å². The van der Waals surface area contributed by atoms with E-state index in [0.717, 1.165) is 18.4 Å². The zero-order chi connectivity index (χ0) is 27.9. The highest BCUT2D eigenvalue weighted by Crippen LogP contribution is 2.36. The Morgan fingerprint density at radius 3 is 2.74 bits per heavy atom. The number of pyridine rings is 1. The molecule has 0 atom stereocenters. The minimum absolute atomic E-state index is 0.0678. The van der Waals surface area contributed by atoms with E-state index in [1.54, 1.807) is 22.5 Å². The summed E-state index contributed by atoms with van der Waals surface area (Å²) in [6, 6.07) is 7.76. The number of hydrogen-bond acceptors (Lipinski definition) is 9. The molecule has 1 fully saturated rings. The molecule has 2 aliphatic rings. The molecule has 4 rings (SSSR count). The van der Waals surface area contributed by atoms with Crippen molar-refractivity contribution in [1.82, 2.24) is 9.47 Å². The second-order valence-corrected chi connectivity index (χ2v) is 10.8. The molecule has 1 aromatic heterocycles. The van der Waals surface area contributed by atoms with Gasteiger partial charge in [-0.15, -0.1) is 0 Å². The van der Waals surface area contributed by atoms with Crippen LogP contribution < -0.4 is 20.3 Å². The lowest BCUT2D eigenvalue weighted by atomic mass is 10.0. The van der Waals surface area contributed by atoms with E-state index >= 15 is 0 Å². The number of ether oxygens (including phenoxy) is 3. The molecule has 1 aromatic carbocycles. The fourth-order valence-electron chi connectivity index (χ4n) is 4.41. The molecule has 11 heteroatoms. The molecule has 0 saturated carbocycles. The predicted octanol–water partition coefficient (Wildman–Crippen LogP) is 4.80. The molecular weight excluding hydrogens is 536 g/mol. The first kappa shape index (κ1) is 28.7. The van der Waals surface area contributed by atoms with E-state index in [9.17, 15) is 14.9 Å². The van der Waals surface area contributed by atoms with Gasteiger partial charge in [0.05, 0.1) is 4.91 Å². The van der Waals surface area contributed by atoms with Gasteiger partial charge in [0.25, 0.3) is 11.5 Å². The number of aromatic nitrogens is 1. The predicted molar refractivity (Wildman–Crippen MR) is 156 cm³/mol. The number of benzene rings is 1. The number of thiocarbonyl (C=S) groups is 1. The summed E-state index contributed by atoms with van der Waals surface area (Å²) in [5.41, 5.74) is 1.79. The van der Waals surface area contributed by atoms with Crippen LogP contribution in [0.3, 0.4) is 0 Å². The molecule has 206 valence electrons. The van der Waals surface area contributed by atoms with Gasteiger partial charge in [-0.3, -0.25) is 19.1 Å². The molecular formula is C28H32N4O5S2. The Morgan fingerprint density at radius 2 is 2.00 bits per heavy atom. The molecule has 0 aliphatic carbocycles. The van der Waals surface area contributed by atoms with E-state index in [0.29, 0.717) is 76.9 Å². The summed E-state index contributed by atoms with van der Waals surface area (Å²) >= 11 is 6.73. The van der Waals surface area contributed by atoms with Crippen molar-refractivity contribution < 1.29 is 19.0 Å². The van der Waals surface area contributed by atoms with Crippen molar-refractivity contribution >= 4 is 46.1 Å². The standard InChI is InChI=1S/C28H32N4O5S2/c1-4-6-10-31-25(30-16-19-8-9-22-23(13-19)37-17-36-22)20(18(3)21(15-29)26(31)33)14-24-27(34)32(28(38)39-24)11-7-12-35-5-2/h8-9,13-14,30H,4-7,10-12,16-17H2,1-3H3/b24-14+. The number of unbranched alkanes of at least 4 members (excludes halogenated alkanes) is 1. The minimum Gasteiger partial charge on any atom is -0.454 e. The highest BCUT2D eigenvalue weighted by atomic mass is 32.2. The van der Waals surface area contributed by atoms with Crippen LogP contribution >= 0.6 is 24.0 Å². The number of anilines is 1. The number of hydrogen-bond donors (Lipinski definition) is 1. The van der Waals surface area contributed by atoms with Gasteiger partial charge in [0.1, 0.15) is 21.8 Å². The number of nitriles is 1. The quantitative estimate of drug-likeness (QED) is 0.220. The lowest BCUT2D eigenvalue weighted by molar-refractivity contribution is -0.122. The third-order valence-electron chi connectivity index (χ3n) is 6.53. The van der Waals surface area contributed by atoms with Crippen molar-refractivity contribution in [2.75, 3.05) is 31.9 Å². The summed E-state index contributed by atoms with van der Waals surface area (Å²) in [4.78, 5) is 28.7. The first-order valence-electron chi connectivity index (χ1n) is 13.0. The number of nitrogens with zero attached hydrogens (tertiary/aromatic N) is 3. The smallest absolute Gasteiger partial charge is 0.270 e. The van der Waals surface area contributed by atoms with Crippen molar-refractivity contribution in [2.24, 2.45) is 0 Å². The van der Waals surface area contributed by atoms with Gasteiger partial charge < -0.3 is 19.5 Å². The molecule has 9 nitrogen and oxygen atoms in total. The number of fused-ring (bicyclic) bond motifs is 1. The maximum Gasteiger partial charge on any atom is 0.270 e. The Balaban J connectivity index is 1.72. The molecule has 0 radical (unpaired) electrons. The van der Waals surface area contributed by atoms with Gasteiger partial charge >= 0.3 is 0 Å². The molecule has 3 heterocycles. The van der Waals surface area contributed by atoms with Crippen molar-refractivity contribution in [3.8, 4) is 17.6 Å². The van der Waals surface area contributed by atoms with Crippen LogP contribution in [-0.2, 0) is 22.6 Å². The summed E-state index contributed by atoms with van der Waals surface area (Å²) < 4.78 is 18.4. The topological polar surface area (TPSA) is 106 Å². The van der Waals surface area contributed by atoms with Gasteiger partial charge in [0.2, 0.25) is 6.79 Å². The monoisotopic (exact) mass is 568 g/mol. The van der Waals surface area contributed by atoms with Crippen molar-refractivity contribution in [1.29, 1.82) is 5.26 Å². The largest absolute Gasteiger partial charge is 0.454 e. The first-order valence-corrected chi connectivity index (χ1v) is 14.2. The van der Waals surface area contributed by atoms with Crippen molar-refractivity contribution in [2.45, 2.75) is 53.1 Å². The highest BCUT2D eigenvalue weighted by molar-refractivity contribution is 8.26. The molecule has 1 N–H and O–H groups in total. The van der Waals surface area contributed by atoms with Gasteiger partial charge in [0.15, 0.2) is 11.5 Å². The van der Waals surface area contributed by atoms with Gasteiger partial charge in [-0.05, 0) is 56.0 Å². The summed E-state index contributed by atoms with van der Waals surface area (Å²) in [5.74, 6) is 1.73. The normalized spacial score (nSPS) is 15.3. The summed E-state index contributed by atoms with van der Waals surface area (Å²) in [5, 5.41) is 13.3. The summed E-state index contributed by atoms with van der Waals surface area (Å²) in [6.07, 6.45) is 4.06. The fourth-order valence-corrected chi connectivity index (χ4v) is 5.70. The van der Waals surface area contributed by atoms with Crippen LogP contribution in [-0.4, -0.2) is 46.2 Å². The van der Waals surface area contributed by atoms with Crippen LogP contribution in [0, 0.1) is 18.3 Å². The van der Waals surface area contributed by atoms with Gasteiger partial charge in [0, 0.05) is 38.4 Å². The van der Waals surface area contributed by atoms with Crippen LogP contribution in [0.1, 0.15) is 55.4 Å². The lowest BCUT2D eigenvalue weighted by Gasteiger charge is -2.20. The summed E-state index contributed by atoms with van der Waals surface area (Å²) in [6.45, 7) is 8.37. The molecule has 1 amide bonds. The van der Waals surface area contributed by atoms with Crippen molar-refractivity contribution in [3.05, 3.63) is 55.7 Å². The molecule has 0 spiro atoms. The molecule has 2 aromatic rings. The van der Waals surface area contributed by atoms with E-state index < -0.39 is 0 Å². The highest BCUT2D eigenvalue weighted by Gasteiger charge is 2.32. The van der Waals surface area contributed by atoms with Crippen molar-refractivity contribution in [3.63, 3.8) is 0 Å². The van der Waals surface area contributed by atoms with Crippen LogP contribution in [0.5, 0.6) is 11.5 Å². The first-order chi connectivity index (χ1) is 18.9. The number of carbonyl (C=O) groups is 1. The van der Waals surface area contributed by atoms with Gasteiger partial charge in [-0.2, -0.15) is 5.26 Å². The maximum absolute atomic E-state index is 13.4. The molecule has 0 bridgehead atoms. The second kappa shape index (κ2) is 13.2. The average molecular weight is 569 g/mol. The molecule has 2 aliphatic heterocycles. The third-order valence-corrected chi connectivity index (χ3v) is 7.91. The zero-order valence-corrected chi connectivity index (χ0v) is 24.0. The third kappa shape index (κ3) is 6.30. The Labute approximate surface area is 237 Å². The van der Waals surface area contributed by atoms with E-state index in [2.05, 4.69) is 11.4 Å². The minimum atomic E-state index is -0.350. The van der Waals surface area contributed by atoms with Crippen LogP contribution in [0.25, 0.3) is 6.08 Å². The Kier molecular flexibility index (Phi) is 9.67. The Bertz CT molecular complexity index is 1400. The number of amides is 1. The molecule has 0 unspecified atom stereocenters. The number of rotatable bonds is 12. The lowest BCUT2D eigenvalue weighted by Crippen LogP contribution is -2.30. The van der Waals surface area contributed by atoms with E-state index in [-0.39, 0.29) is 23.8 Å². The molecule has 1 saturated heterocycles. The van der Waals surface area contributed by atoms with E-state index in [1.807, 2.05) is 32.0 Å². The maximum atomic E-state index is 13.4. The van der Waals surface area contributed by atoms with E-state index in [4.69, 9.17) is 26.4 Å². The van der Waals surface area contributed by atoms with E-state index in [1.165, 1.54) is 11.8 Å². The SMILES string of the molecule is CCCCn1c(NCc2ccc3c(c2)OCO3)c(/C=C2/SC(=S)N(CCCOCC)C2=O)c(C)c(C#N)c1=O. The van der Waals surface area contributed by atoms with Crippen LogP contribution in [0.2, 0.25) is 0 Å². The second-order valence-electron chi connectivity index (χ2n) is 9.11. The zero-order valence-electron chi connectivity index (χ0n) is 22.4. The Hall–Kier alpha value is -3.33. The fraction of sp³-hybridized carbons (Fsp3) is 0.429. The number of nitrogens with one attached hydrogen (secondary N) is 1. The Morgan fingerprint density at radius 1 is 1.21 bits per heavy atom. The summed E-state index contributed by atoms with van der Waals surface area (Å²) in [7, 11) is 0. The average Bonchev–Trinajstić information content (AvgIpc) is 3.50. The van der Waals surface area contributed by atoms with Gasteiger partial charge in [-0.25, -0.2) is 0 Å². The number of carbonyl (C=O) groups excluding carboxylic acids is 1.